The second-order valence-corrected chi connectivity index (χ2v) is 4.77. The molecule has 2 heterocycles. The van der Waals surface area contributed by atoms with Crippen LogP contribution in [0.3, 0.4) is 0 Å². The van der Waals surface area contributed by atoms with Gasteiger partial charge in [0.2, 0.25) is 0 Å². The summed E-state index contributed by atoms with van der Waals surface area (Å²) in [6.45, 7) is 4.85. The second-order valence-electron chi connectivity index (χ2n) is 3.79. The Kier molecular flexibility index (Phi) is 3.74. The molecule has 4 heteroatoms. The summed E-state index contributed by atoms with van der Waals surface area (Å²) in [7, 11) is 0. The first-order chi connectivity index (χ1) is 7.79. The van der Waals surface area contributed by atoms with Crippen LogP contribution >= 0.6 is 11.3 Å². The minimum absolute atomic E-state index is 0.408. The molecule has 0 aromatic carbocycles. The van der Waals surface area contributed by atoms with E-state index in [4.69, 9.17) is 4.52 Å². The van der Waals surface area contributed by atoms with Crippen molar-refractivity contribution in [1.29, 1.82) is 0 Å². The molecule has 86 valence electrons. The Bertz CT molecular complexity index is 422. The van der Waals surface area contributed by atoms with Gasteiger partial charge in [-0.05, 0) is 24.8 Å². The summed E-state index contributed by atoms with van der Waals surface area (Å²) in [5.74, 6) is 0.896. The largest absolute Gasteiger partial charge is 0.360 e. The molecule has 0 aliphatic rings. The SMILES string of the molecule is CCC(NCc1cc(C)no1)c1cccs1. The van der Waals surface area contributed by atoms with Gasteiger partial charge in [-0.25, -0.2) is 0 Å². The topological polar surface area (TPSA) is 38.1 Å². The van der Waals surface area contributed by atoms with Crippen molar-refractivity contribution >= 4 is 11.3 Å². The zero-order valence-corrected chi connectivity index (χ0v) is 10.4. The molecule has 0 fully saturated rings. The van der Waals surface area contributed by atoms with Crippen molar-refractivity contribution in [3.05, 3.63) is 39.9 Å². The Morgan fingerprint density at radius 2 is 2.44 bits per heavy atom. The van der Waals surface area contributed by atoms with Crippen LogP contribution in [0.4, 0.5) is 0 Å². The van der Waals surface area contributed by atoms with Crippen LogP contribution in [-0.4, -0.2) is 5.16 Å². The predicted molar refractivity (Wildman–Crippen MR) is 65.4 cm³/mol. The van der Waals surface area contributed by atoms with Crippen molar-refractivity contribution < 1.29 is 4.52 Å². The van der Waals surface area contributed by atoms with Gasteiger partial charge in [0.1, 0.15) is 0 Å². The normalized spacial score (nSPS) is 12.9. The molecule has 2 aromatic heterocycles. The molecule has 0 amide bonds. The zero-order valence-electron chi connectivity index (χ0n) is 9.56. The van der Waals surface area contributed by atoms with Gasteiger partial charge in [0, 0.05) is 17.0 Å². The van der Waals surface area contributed by atoms with Crippen LogP contribution in [0.1, 0.15) is 35.7 Å². The molecule has 0 radical (unpaired) electrons. The van der Waals surface area contributed by atoms with E-state index >= 15 is 0 Å². The summed E-state index contributed by atoms with van der Waals surface area (Å²) in [5, 5.41) is 9.46. The van der Waals surface area contributed by atoms with Crippen LogP contribution in [0.25, 0.3) is 0 Å². The number of nitrogens with zero attached hydrogens (tertiary/aromatic N) is 1. The molecule has 0 saturated carbocycles. The molecule has 1 atom stereocenters. The lowest BCUT2D eigenvalue weighted by molar-refractivity contribution is 0.359. The Labute approximate surface area is 99.5 Å². The third kappa shape index (κ3) is 2.71. The standard InChI is InChI=1S/C12H16N2OS/c1-3-11(12-5-4-6-16-12)13-8-10-7-9(2)14-15-10/h4-7,11,13H,3,8H2,1-2H3. The first-order valence-corrected chi connectivity index (χ1v) is 6.36. The lowest BCUT2D eigenvalue weighted by Crippen LogP contribution is -2.18. The highest BCUT2D eigenvalue weighted by molar-refractivity contribution is 7.10. The Hall–Kier alpha value is -1.13. The first-order valence-electron chi connectivity index (χ1n) is 5.48. The first kappa shape index (κ1) is 11.4. The van der Waals surface area contributed by atoms with Gasteiger partial charge in [0.05, 0.1) is 12.2 Å². The zero-order chi connectivity index (χ0) is 11.4. The molecule has 16 heavy (non-hydrogen) atoms. The summed E-state index contributed by atoms with van der Waals surface area (Å²) in [4.78, 5) is 1.37. The summed E-state index contributed by atoms with van der Waals surface area (Å²) in [5.41, 5.74) is 0.931. The van der Waals surface area contributed by atoms with E-state index in [1.807, 2.05) is 13.0 Å². The van der Waals surface area contributed by atoms with Crippen molar-refractivity contribution in [1.82, 2.24) is 10.5 Å². The Balaban J connectivity index is 1.93. The van der Waals surface area contributed by atoms with E-state index in [9.17, 15) is 0 Å². The number of nitrogens with one attached hydrogen (secondary N) is 1. The molecule has 0 spiro atoms. The van der Waals surface area contributed by atoms with E-state index in [1.165, 1.54) is 4.88 Å². The van der Waals surface area contributed by atoms with Crippen LogP contribution in [0.15, 0.2) is 28.1 Å². The Morgan fingerprint density at radius 1 is 1.56 bits per heavy atom. The quantitative estimate of drug-likeness (QED) is 0.865. The molecule has 0 aliphatic heterocycles. The van der Waals surface area contributed by atoms with Crippen molar-refractivity contribution in [2.45, 2.75) is 32.9 Å². The molecular formula is C12H16N2OS. The van der Waals surface area contributed by atoms with Crippen molar-refractivity contribution in [3.8, 4) is 0 Å². The molecule has 0 bridgehead atoms. The van der Waals surface area contributed by atoms with Gasteiger partial charge in [0.15, 0.2) is 5.76 Å². The van der Waals surface area contributed by atoms with Gasteiger partial charge in [-0.1, -0.05) is 18.1 Å². The molecule has 3 nitrogen and oxygen atoms in total. The average Bonchev–Trinajstić information content (AvgIpc) is 2.91. The smallest absolute Gasteiger partial charge is 0.150 e. The van der Waals surface area contributed by atoms with Crippen LogP contribution < -0.4 is 5.32 Å². The lowest BCUT2D eigenvalue weighted by atomic mass is 10.2. The average molecular weight is 236 g/mol. The van der Waals surface area contributed by atoms with Gasteiger partial charge >= 0.3 is 0 Å². The second kappa shape index (κ2) is 5.27. The minimum Gasteiger partial charge on any atom is -0.360 e. The molecule has 1 N–H and O–H groups in total. The van der Waals surface area contributed by atoms with Crippen molar-refractivity contribution in [2.75, 3.05) is 0 Å². The summed E-state index contributed by atoms with van der Waals surface area (Å²) in [6, 6.07) is 6.62. The predicted octanol–water partition coefficient (Wildman–Crippen LogP) is 3.29. The number of hydrogen-bond donors (Lipinski definition) is 1. The maximum absolute atomic E-state index is 5.17. The molecule has 2 rings (SSSR count). The van der Waals surface area contributed by atoms with Gasteiger partial charge in [-0.3, -0.25) is 0 Å². The van der Waals surface area contributed by atoms with E-state index in [-0.39, 0.29) is 0 Å². The van der Waals surface area contributed by atoms with E-state index in [1.54, 1.807) is 11.3 Å². The van der Waals surface area contributed by atoms with Gasteiger partial charge < -0.3 is 9.84 Å². The molecular weight excluding hydrogens is 220 g/mol. The fraction of sp³-hybridized carbons (Fsp3) is 0.417. The van der Waals surface area contributed by atoms with Crippen LogP contribution in [0, 0.1) is 6.92 Å². The molecule has 2 aromatic rings. The van der Waals surface area contributed by atoms with E-state index in [2.05, 4.69) is 34.9 Å². The Morgan fingerprint density at radius 3 is 3.00 bits per heavy atom. The van der Waals surface area contributed by atoms with E-state index < -0.39 is 0 Å². The monoisotopic (exact) mass is 236 g/mol. The number of aromatic nitrogens is 1. The van der Waals surface area contributed by atoms with E-state index in [0.29, 0.717) is 6.04 Å². The van der Waals surface area contributed by atoms with E-state index in [0.717, 1.165) is 24.4 Å². The number of aryl methyl sites for hydroxylation is 1. The summed E-state index contributed by atoms with van der Waals surface area (Å²) >= 11 is 1.79. The fourth-order valence-electron chi connectivity index (χ4n) is 1.66. The molecule has 0 aliphatic carbocycles. The van der Waals surface area contributed by atoms with Crippen LogP contribution in [-0.2, 0) is 6.54 Å². The highest BCUT2D eigenvalue weighted by Crippen LogP contribution is 2.22. The van der Waals surface area contributed by atoms with Gasteiger partial charge in [0.25, 0.3) is 0 Å². The third-order valence-corrected chi connectivity index (χ3v) is 3.48. The van der Waals surface area contributed by atoms with Crippen molar-refractivity contribution in [2.24, 2.45) is 0 Å². The van der Waals surface area contributed by atoms with Crippen molar-refractivity contribution in [3.63, 3.8) is 0 Å². The number of rotatable bonds is 5. The highest BCUT2D eigenvalue weighted by Gasteiger charge is 2.10. The fourth-order valence-corrected chi connectivity index (χ4v) is 2.54. The number of hydrogen-bond acceptors (Lipinski definition) is 4. The minimum atomic E-state index is 0.408. The highest BCUT2D eigenvalue weighted by atomic mass is 32.1. The maximum Gasteiger partial charge on any atom is 0.150 e. The third-order valence-electron chi connectivity index (χ3n) is 2.49. The number of thiophene rings is 1. The lowest BCUT2D eigenvalue weighted by Gasteiger charge is -2.13. The van der Waals surface area contributed by atoms with Gasteiger partial charge in [-0.2, -0.15) is 0 Å². The summed E-state index contributed by atoms with van der Waals surface area (Å²) < 4.78 is 5.17. The van der Waals surface area contributed by atoms with Gasteiger partial charge in [-0.15, -0.1) is 11.3 Å². The van der Waals surface area contributed by atoms with Crippen LogP contribution in [0.5, 0.6) is 0 Å². The summed E-state index contributed by atoms with van der Waals surface area (Å²) in [6.07, 6.45) is 1.08. The maximum atomic E-state index is 5.17. The van der Waals surface area contributed by atoms with Crippen LogP contribution in [0.2, 0.25) is 0 Å². The molecule has 0 saturated heterocycles. The molecule has 1 unspecified atom stereocenters.